The Kier molecular flexibility index (Phi) is 3.98. The first-order chi connectivity index (χ1) is 8.94. The van der Waals surface area contributed by atoms with E-state index in [0.29, 0.717) is 18.8 Å². The van der Waals surface area contributed by atoms with Gasteiger partial charge in [0.15, 0.2) is 17.6 Å². The molecule has 0 N–H and O–H groups in total. The van der Waals surface area contributed by atoms with Crippen LogP contribution in [-0.4, -0.2) is 25.3 Å². The molecule has 0 saturated carbocycles. The van der Waals surface area contributed by atoms with E-state index in [1.165, 1.54) is 0 Å². The van der Waals surface area contributed by atoms with Crippen LogP contribution in [0.5, 0.6) is 11.5 Å². The molecular weight excluding hydrogens is 244 g/mol. The molecule has 1 aromatic carbocycles. The van der Waals surface area contributed by atoms with Gasteiger partial charge in [-0.05, 0) is 17.5 Å². The molecule has 0 bridgehead atoms. The van der Waals surface area contributed by atoms with E-state index in [1.807, 2.05) is 45.0 Å². The number of rotatable bonds is 3. The molecular formula is C15H20O4. The van der Waals surface area contributed by atoms with Crippen molar-refractivity contribution in [1.29, 1.82) is 0 Å². The van der Waals surface area contributed by atoms with E-state index in [-0.39, 0.29) is 24.1 Å². The van der Waals surface area contributed by atoms with Crippen LogP contribution in [-0.2, 0) is 9.53 Å². The van der Waals surface area contributed by atoms with E-state index in [1.54, 1.807) is 0 Å². The standard InChI is InChI=1S/C15H20O4/c1-15(2,3)8-14(16)18-10-11-9-17-12-6-4-5-7-13(12)19-11/h4-7,11H,8-10H2,1-3H3. The van der Waals surface area contributed by atoms with Crippen molar-refractivity contribution in [2.75, 3.05) is 13.2 Å². The van der Waals surface area contributed by atoms with Gasteiger partial charge in [-0.3, -0.25) is 4.79 Å². The quantitative estimate of drug-likeness (QED) is 0.787. The number of ether oxygens (including phenoxy) is 3. The third-order valence-electron chi connectivity index (χ3n) is 2.67. The molecule has 0 aliphatic carbocycles. The molecule has 1 aliphatic rings. The maximum Gasteiger partial charge on any atom is 0.306 e. The van der Waals surface area contributed by atoms with Gasteiger partial charge in [0.1, 0.15) is 13.2 Å². The molecule has 0 spiro atoms. The zero-order valence-corrected chi connectivity index (χ0v) is 11.6. The fourth-order valence-electron chi connectivity index (χ4n) is 1.82. The van der Waals surface area contributed by atoms with Gasteiger partial charge in [0, 0.05) is 0 Å². The summed E-state index contributed by atoms with van der Waals surface area (Å²) in [4.78, 5) is 11.6. The summed E-state index contributed by atoms with van der Waals surface area (Å²) < 4.78 is 16.5. The van der Waals surface area contributed by atoms with Gasteiger partial charge in [0.25, 0.3) is 0 Å². The maximum atomic E-state index is 11.6. The van der Waals surface area contributed by atoms with Crippen LogP contribution in [0, 0.1) is 5.41 Å². The predicted molar refractivity (Wildman–Crippen MR) is 71.4 cm³/mol. The number of para-hydroxylation sites is 2. The SMILES string of the molecule is CC(C)(C)CC(=O)OCC1COc2ccccc2O1. The summed E-state index contributed by atoms with van der Waals surface area (Å²) in [7, 11) is 0. The van der Waals surface area contributed by atoms with E-state index in [2.05, 4.69) is 0 Å². The molecule has 0 aromatic heterocycles. The lowest BCUT2D eigenvalue weighted by atomic mass is 9.92. The second kappa shape index (κ2) is 5.51. The Hall–Kier alpha value is -1.71. The number of hydrogen-bond acceptors (Lipinski definition) is 4. The normalized spacial score (nSPS) is 17.9. The van der Waals surface area contributed by atoms with Crippen LogP contribution < -0.4 is 9.47 Å². The van der Waals surface area contributed by atoms with Gasteiger partial charge in [-0.25, -0.2) is 0 Å². The van der Waals surface area contributed by atoms with Gasteiger partial charge in [-0.2, -0.15) is 0 Å². The van der Waals surface area contributed by atoms with Crippen LogP contribution in [0.15, 0.2) is 24.3 Å². The first kappa shape index (κ1) is 13.7. The molecule has 0 radical (unpaired) electrons. The fourth-order valence-corrected chi connectivity index (χ4v) is 1.82. The molecule has 1 atom stereocenters. The van der Waals surface area contributed by atoms with Crippen molar-refractivity contribution < 1.29 is 19.0 Å². The smallest absolute Gasteiger partial charge is 0.306 e. The second-order valence-corrected chi connectivity index (χ2v) is 5.92. The van der Waals surface area contributed by atoms with Crippen molar-refractivity contribution in [3.63, 3.8) is 0 Å². The molecule has 0 amide bonds. The number of carbonyl (C=O) groups excluding carboxylic acids is 1. The van der Waals surface area contributed by atoms with Gasteiger partial charge < -0.3 is 14.2 Å². The highest BCUT2D eigenvalue weighted by atomic mass is 16.6. The fraction of sp³-hybridized carbons (Fsp3) is 0.533. The largest absolute Gasteiger partial charge is 0.486 e. The minimum atomic E-state index is -0.237. The van der Waals surface area contributed by atoms with Crippen LogP contribution in [0.1, 0.15) is 27.2 Å². The molecule has 4 heteroatoms. The summed E-state index contributed by atoms with van der Waals surface area (Å²) in [6.07, 6.45) is 0.163. The Morgan fingerprint density at radius 3 is 2.68 bits per heavy atom. The highest BCUT2D eigenvalue weighted by Crippen LogP contribution is 2.30. The second-order valence-electron chi connectivity index (χ2n) is 5.92. The lowest BCUT2D eigenvalue weighted by Crippen LogP contribution is -2.34. The lowest BCUT2D eigenvalue weighted by Gasteiger charge is -2.26. The van der Waals surface area contributed by atoms with Gasteiger partial charge in [0.2, 0.25) is 0 Å². The van der Waals surface area contributed by atoms with Crippen LogP contribution in [0.3, 0.4) is 0 Å². The minimum Gasteiger partial charge on any atom is -0.486 e. The summed E-state index contributed by atoms with van der Waals surface area (Å²) in [6.45, 7) is 6.64. The summed E-state index contributed by atoms with van der Waals surface area (Å²) >= 11 is 0. The van der Waals surface area contributed by atoms with Crippen molar-refractivity contribution in [3.05, 3.63) is 24.3 Å². The summed E-state index contributed by atoms with van der Waals surface area (Å²) in [6, 6.07) is 7.48. The molecule has 1 aromatic rings. The van der Waals surface area contributed by atoms with Crippen LogP contribution >= 0.6 is 0 Å². The molecule has 1 aliphatic heterocycles. The molecule has 1 unspecified atom stereocenters. The van der Waals surface area contributed by atoms with Crippen molar-refractivity contribution in [2.24, 2.45) is 5.41 Å². The van der Waals surface area contributed by atoms with Gasteiger partial charge in [0.05, 0.1) is 6.42 Å². The number of hydrogen-bond donors (Lipinski definition) is 0. The molecule has 0 saturated heterocycles. The zero-order valence-electron chi connectivity index (χ0n) is 11.6. The Bertz CT molecular complexity index is 448. The topological polar surface area (TPSA) is 44.8 Å². The zero-order chi connectivity index (χ0) is 13.9. The first-order valence-corrected chi connectivity index (χ1v) is 6.48. The molecule has 0 fully saturated rings. The molecule has 2 rings (SSSR count). The average molecular weight is 264 g/mol. The van der Waals surface area contributed by atoms with E-state index in [0.717, 1.165) is 5.75 Å². The van der Waals surface area contributed by atoms with Crippen molar-refractivity contribution in [1.82, 2.24) is 0 Å². The van der Waals surface area contributed by atoms with Crippen LogP contribution in [0.4, 0.5) is 0 Å². The third-order valence-corrected chi connectivity index (χ3v) is 2.67. The Morgan fingerprint density at radius 2 is 2.00 bits per heavy atom. The highest BCUT2D eigenvalue weighted by molar-refractivity contribution is 5.70. The molecule has 104 valence electrons. The summed E-state index contributed by atoms with van der Waals surface area (Å²) in [5.41, 5.74) is -0.0619. The lowest BCUT2D eigenvalue weighted by molar-refractivity contribution is -0.149. The Morgan fingerprint density at radius 1 is 1.32 bits per heavy atom. The van der Waals surface area contributed by atoms with E-state index < -0.39 is 0 Å². The Labute approximate surface area is 113 Å². The third kappa shape index (κ3) is 4.16. The number of fused-ring (bicyclic) bond motifs is 1. The van der Waals surface area contributed by atoms with Gasteiger partial charge in [-0.15, -0.1) is 0 Å². The predicted octanol–water partition coefficient (Wildman–Crippen LogP) is 2.81. The molecule has 19 heavy (non-hydrogen) atoms. The van der Waals surface area contributed by atoms with E-state index in [4.69, 9.17) is 14.2 Å². The Balaban J connectivity index is 1.81. The van der Waals surface area contributed by atoms with E-state index >= 15 is 0 Å². The van der Waals surface area contributed by atoms with Gasteiger partial charge >= 0.3 is 5.97 Å². The summed E-state index contributed by atoms with van der Waals surface area (Å²) in [5, 5.41) is 0. The molecule has 4 nitrogen and oxygen atoms in total. The van der Waals surface area contributed by atoms with Crippen molar-refractivity contribution >= 4 is 5.97 Å². The van der Waals surface area contributed by atoms with Gasteiger partial charge in [-0.1, -0.05) is 32.9 Å². The number of carbonyl (C=O) groups is 1. The number of benzene rings is 1. The average Bonchev–Trinajstić information content (AvgIpc) is 2.34. The van der Waals surface area contributed by atoms with Crippen molar-refractivity contribution in [3.8, 4) is 11.5 Å². The number of esters is 1. The van der Waals surface area contributed by atoms with Crippen molar-refractivity contribution in [2.45, 2.75) is 33.3 Å². The van der Waals surface area contributed by atoms with Crippen LogP contribution in [0.25, 0.3) is 0 Å². The molecule has 1 heterocycles. The van der Waals surface area contributed by atoms with E-state index in [9.17, 15) is 4.79 Å². The monoisotopic (exact) mass is 264 g/mol. The highest BCUT2D eigenvalue weighted by Gasteiger charge is 2.23. The first-order valence-electron chi connectivity index (χ1n) is 6.48. The maximum absolute atomic E-state index is 11.6. The van der Waals surface area contributed by atoms with Crippen LogP contribution in [0.2, 0.25) is 0 Å². The summed E-state index contributed by atoms with van der Waals surface area (Å²) in [5.74, 6) is 1.24. The minimum absolute atomic E-state index is 0.0619.